The second-order valence-corrected chi connectivity index (χ2v) is 4.36. The van der Waals surface area contributed by atoms with Gasteiger partial charge < -0.3 is 10.1 Å². The van der Waals surface area contributed by atoms with E-state index in [0.717, 1.165) is 5.39 Å². The van der Waals surface area contributed by atoms with Crippen molar-refractivity contribution in [1.82, 2.24) is 9.97 Å². The minimum Gasteiger partial charge on any atom is -0.383 e. The molecule has 0 saturated carbocycles. The molecule has 2 heterocycles. The lowest BCUT2D eigenvalue weighted by atomic mass is 10.0. The molecule has 2 aromatic heterocycles. The normalized spacial score (nSPS) is 12.4. The first-order valence-electron chi connectivity index (χ1n) is 6.02. The van der Waals surface area contributed by atoms with E-state index < -0.39 is 11.0 Å². The zero-order valence-corrected chi connectivity index (χ0v) is 10.4. The van der Waals surface area contributed by atoms with E-state index in [2.05, 4.69) is 9.97 Å². The molecule has 0 amide bonds. The van der Waals surface area contributed by atoms with E-state index in [1.807, 2.05) is 6.07 Å². The van der Waals surface area contributed by atoms with Crippen molar-refractivity contribution in [3.8, 4) is 0 Å². The molecule has 2 N–H and O–H groups in total. The molecule has 1 unspecified atom stereocenters. The average Bonchev–Trinajstić information content (AvgIpc) is 2.90. The van der Waals surface area contributed by atoms with Crippen LogP contribution < -0.4 is 0 Å². The molecule has 1 aromatic carbocycles. The number of fused-ring (bicyclic) bond motifs is 1. The number of para-hydroxylation sites is 1. The van der Waals surface area contributed by atoms with Gasteiger partial charge in [0.15, 0.2) is 0 Å². The van der Waals surface area contributed by atoms with Crippen LogP contribution in [0.4, 0.5) is 5.69 Å². The van der Waals surface area contributed by atoms with Crippen LogP contribution in [0.25, 0.3) is 11.0 Å². The summed E-state index contributed by atoms with van der Waals surface area (Å²) in [7, 11) is 0. The number of nitrogens with one attached hydrogen (secondary N) is 1. The second kappa shape index (κ2) is 4.75. The number of H-pyrrole nitrogens is 1. The number of nitro benzene ring substituents is 1. The number of hydrogen-bond acceptors (Lipinski definition) is 4. The van der Waals surface area contributed by atoms with Gasteiger partial charge in [0.1, 0.15) is 11.8 Å². The third kappa shape index (κ3) is 1.92. The van der Waals surface area contributed by atoms with Gasteiger partial charge in [-0.3, -0.25) is 10.1 Å². The Labute approximate surface area is 113 Å². The third-order valence-corrected chi connectivity index (χ3v) is 3.21. The molecule has 0 bridgehead atoms. The summed E-state index contributed by atoms with van der Waals surface area (Å²) in [5, 5.41) is 22.2. The van der Waals surface area contributed by atoms with Gasteiger partial charge in [-0.25, -0.2) is 4.98 Å². The number of aliphatic hydroxyl groups excluding tert-OH is 1. The van der Waals surface area contributed by atoms with Crippen LogP contribution in [0.15, 0.2) is 48.8 Å². The molecule has 0 spiro atoms. The summed E-state index contributed by atoms with van der Waals surface area (Å²) in [5.74, 6) is 0. The Morgan fingerprint density at radius 2 is 2.00 bits per heavy atom. The van der Waals surface area contributed by atoms with Crippen molar-refractivity contribution in [3.05, 3.63) is 70.0 Å². The number of rotatable bonds is 3. The Hall–Kier alpha value is -2.73. The fraction of sp³-hybridized carbons (Fsp3) is 0.0714. The molecule has 6 nitrogen and oxygen atoms in total. The maximum Gasteiger partial charge on any atom is 0.275 e. The Balaban J connectivity index is 2.13. The van der Waals surface area contributed by atoms with E-state index in [0.29, 0.717) is 11.2 Å². The van der Waals surface area contributed by atoms with Crippen LogP contribution in [-0.4, -0.2) is 20.0 Å². The lowest BCUT2D eigenvalue weighted by molar-refractivity contribution is -0.386. The van der Waals surface area contributed by atoms with Gasteiger partial charge in [-0.2, -0.15) is 0 Å². The predicted octanol–water partition coefficient (Wildman–Crippen LogP) is 2.55. The molecule has 0 aliphatic carbocycles. The first-order valence-corrected chi connectivity index (χ1v) is 6.02. The largest absolute Gasteiger partial charge is 0.383 e. The van der Waals surface area contributed by atoms with Crippen LogP contribution in [0, 0.1) is 10.1 Å². The Bertz CT molecular complexity index is 782. The van der Waals surface area contributed by atoms with Crippen molar-refractivity contribution in [2.45, 2.75) is 6.10 Å². The molecule has 1 atom stereocenters. The highest BCUT2D eigenvalue weighted by atomic mass is 16.6. The highest BCUT2D eigenvalue weighted by Crippen LogP contribution is 2.32. The van der Waals surface area contributed by atoms with Gasteiger partial charge in [-0.05, 0) is 18.2 Å². The van der Waals surface area contributed by atoms with Crippen molar-refractivity contribution in [2.75, 3.05) is 0 Å². The first kappa shape index (κ1) is 12.3. The minimum atomic E-state index is -1.07. The topological polar surface area (TPSA) is 92.0 Å². The van der Waals surface area contributed by atoms with Crippen LogP contribution in [0.3, 0.4) is 0 Å². The van der Waals surface area contributed by atoms with Crippen LogP contribution in [0.1, 0.15) is 17.2 Å². The number of benzene rings is 1. The molecule has 0 aliphatic rings. The number of aliphatic hydroxyl groups is 1. The minimum absolute atomic E-state index is 0.0989. The Morgan fingerprint density at radius 3 is 2.80 bits per heavy atom. The highest BCUT2D eigenvalue weighted by Gasteiger charge is 2.23. The molecule has 3 rings (SSSR count). The van der Waals surface area contributed by atoms with Gasteiger partial charge in [-0.1, -0.05) is 12.1 Å². The van der Waals surface area contributed by atoms with Crippen molar-refractivity contribution < 1.29 is 10.0 Å². The standard InChI is InChI=1S/C14H11N3O3/c18-13(10-4-1-2-6-12(10)17(19)20)11-8-16-14-9(11)5-3-7-15-14/h1-8,13,18H,(H,15,16). The monoisotopic (exact) mass is 269 g/mol. The number of hydrogen-bond donors (Lipinski definition) is 2. The summed E-state index contributed by atoms with van der Waals surface area (Å²) >= 11 is 0. The second-order valence-electron chi connectivity index (χ2n) is 4.36. The van der Waals surface area contributed by atoms with Gasteiger partial charge in [0.25, 0.3) is 5.69 Å². The number of nitro groups is 1. The number of aromatic nitrogens is 2. The molecule has 0 radical (unpaired) electrons. The summed E-state index contributed by atoms with van der Waals surface area (Å²) < 4.78 is 0. The van der Waals surface area contributed by atoms with Gasteiger partial charge in [-0.15, -0.1) is 0 Å². The molecular formula is C14H11N3O3. The van der Waals surface area contributed by atoms with Crippen molar-refractivity contribution in [3.63, 3.8) is 0 Å². The molecule has 100 valence electrons. The van der Waals surface area contributed by atoms with E-state index in [9.17, 15) is 15.2 Å². The van der Waals surface area contributed by atoms with Gasteiger partial charge >= 0.3 is 0 Å². The van der Waals surface area contributed by atoms with E-state index in [4.69, 9.17) is 0 Å². The van der Waals surface area contributed by atoms with Crippen molar-refractivity contribution in [1.29, 1.82) is 0 Å². The average molecular weight is 269 g/mol. The molecular weight excluding hydrogens is 258 g/mol. The number of nitrogens with zero attached hydrogens (tertiary/aromatic N) is 2. The van der Waals surface area contributed by atoms with Gasteiger partial charge in [0.05, 0.1) is 10.5 Å². The quantitative estimate of drug-likeness (QED) is 0.564. The summed E-state index contributed by atoms with van der Waals surface area (Å²) in [6.45, 7) is 0. The lowest BCUT2D eigenvalue weighted by Crippen LogP contribution is -2.03. The maximum absolute atomic E-state index is 11.0. The predicted molar refractivity (Wildman–Crippen MR) is 73.3 cm³/mol. The van der Waals surface area contributed by atoms with Crippen LogP contribution >= 0.6 is 0 Å². The summed E-state index contributed by atoms with van der Waals surface area (Å²) in [6.07, 6.45) is 2.19. The summed E-state index contributed by atoms with van der Waals surface area (Å²) in [5.41, 5.74) is 1.38. The fourth-order valence-electron chi connectivity index (χ4n) is 2.26. The number of pyridine rings is 1. The first-order chi connectivity index (χ1) is 9.68. The SMILES string of the molecule is O=[N+]([O-])c1ccccc1C(O)c1c[nH]c2ncccc12. The Morgan fingerprint density at radius 1 is 1.20 bits per heavy atom. The zero-order valence-electron chi connectivity index (χ0n) is 10.4. The zero-order chi connectivity index (χ0) is 14.1. The molecule has 0 saturated heterocycles. The van der Waals surface area contributed by atoms with Gasteiger partial charge in [0.2, 0.25) is 0 Å². The maximum atomic E-state index is 11.0. The Kier molecular flexibility index (Phi) is 2.92. The summed E-state index contributed by atoms with van der Waals surface area (Å²) in [6, 6.07) is 9.74. The number of aromatic amines is 1. The molecule has 6 heteroatoms. The van der Waals surface area contributed by atoms with Gasteiger partial charge in [0, 0.05) is 29.4 Å². The highest BCUT2D eigenvalue weighted by molar-refractivity contribution is 5.80. The van der Waals surface area contributed by atoms with E-state index >= 15 is 0 Å². The summed E-state index contributed by atoms with van der Waals surface area (Å²) in [4.78, 5) is 17.6. The molecule has 3 aromatic rings. The lowest BCUT2D eigenvalue weighted by Gasteiger charge is -2.10. The van der Waals surface area contributed by atoms with Crippen molar-refractivity contribution in [2.24, 2.45) is 0 Å². The van der Waals surface area contributed by atoms with Crippen molar-refractivity contribution >= 4 is 16.7 Å². The van der Waals surface area contributed by atoms with E-state index in [1.165, 1.54) is 6.07 Å². The van der Waals surface area contributed by atoms with Crippen LogP contribution in [0.2, 0.25) is 0 Å². The third-order valence-electron chi connectivity index (χ3n) is 3.21. The fourth-order valence-corrected chi connectivity index (χ4v) is 2.26. The van der Waals surface area contributed by atoms with E-state index in [1.54, 1.807) is 36.7 Å². The molecule has 0 aliphatic heterocycles. The van der Waals surface area contributed by atoms with Crippen LogP contribution in [-0.2, 0) is 0 Å². The molecule has 20 heavy (non-hydrogen) atoms. The van der Waals surface area contributed by atoms with Crippen LogP contribution in [0.5, 0.6) is 0 Å². The molecule has 0 fully saturated rings. The smallest absolute Gasteiger partial charge is 0.275 e. The van der Waals surface area contributed by atoms with E-state index in [-0.39, 0.29) is 11.3 Å².